The second-order valence-corrected chi connectivity index (χ2v) is 7.29. The molecule has 3 rings (SSSR count). The average molecular weight is 363 g/mol. The number of benzene rings is 3. The predicted molar refractivity (Wildman–Crippen MR) is 103 cm³/mol. The van der Waals surface area contributed by atoms with Crippen LogP contribution >= 0.6 is 0 Å². The minimum Gasteiger partial charge on any atom is -0.268 e. The standard InChI is InChI=1S/C21H17NO3S/c23-21(17-16-18-10-4-1-5-11-18)22(19-12-6-2-7-13-19)26(24,25)20-14-8-3-9-15-20/h1-17H/b17-16+. The van der Waals surface area contributed by atoms with Gasteiger partial charge in [-0.25, -0.2) is 8.42 Å². The van der Waals surface area contributed by atoms with E-state index >= 15 is 0 Å². The van der Waals surface area contributed by atoms with Gasteiger partial charge in [-0.05, 0) is 35.9 Å². The van der Waals surface area contributed by atoms with Crippen LogP contribution in [0.3, 0.4) is 0 Å². The van der Waals surface area contributed by atoms with Crippen molar-refractivity contribution in [3.05, 3.63) is 103 Å². The van der Waals surface area contributed by atoms with Crippen molar-refractivity contribution < 1.29 is 13.2 Å². The Hall–Kier alpha value is -3.18. The highest BCUT2D eigenvalue weighted by atomic mass is 32.2. The first-order chi connectivity index (χ1) is 12.6. The molecule has 0 radical (unpaired) electrons. The van der Waals surface area contributed by atoms with Gasteiger partial charge in [0, 0.05) is 6.08 Å². The molecule has 0 atom stereocenters. The maximum Gasteiger partial charge on any atom is 0.271 e. The summed E-state index contributed by atoms with van der Waals surface area (Å²) >= 11 is 0. The summed E-state index contributed by atoms with van der Waals surface area (Å²) in [4.78, 5) is 12.9. The molecule has 0 aliphatic rings. The predicted octanol–water partition coefficient (Wildman–Crippen LogP) is 4.12. The van der Waals surface area contributed by atoms with Crippen LogP contribution in [0.4, 0.5) is 5.69 Å². The quantitative estimate of drug-likeness (QED) is 0.641. The van der Waals surface area contributed by atoms with Gasteiger partial charge >= 0.3 is 0 Å². The number of carbonyl (C=O) groups is 1. The first-order valence-electron chi connectivity index (χ1n) is 8.01. The van der Waals surface area contributed by atoms with Gasteiger partial charge in [-0.3, -0.25) is 4.79 Å². The molecule has 3 aromatic rings. The first-order valence-corrected chi connectivity index (χ1v) is 9.45. The lowest BCUT2D eigenvalue weighted by atomic mass is 10.2. The van der Waals surface area contributed by atoms with Gasteiger partial charge in [-0.15, -0.1) is 0 Å². The van der Waals surface area contributed by atoms with E-state index in [-0.39, 0.29) is 4.90 Å². The van der Waals surface area contributed by atoms with Crippen molar-refractivity contribution in [2.24, 2.45) is 0 Å². The second kappa shape index (κ2) is 7.80. The number of rotatable bonds is 5. The topological polar surface area (TPSA) is 54.5 Å². The fraction of sp³-hybridized carbons (Fsp3) is 0. The van der Waals surface area contributed by atoms with E-state index in [0.29, 0.717) is 5.69 Å². The second-order valence-electron chi connectivity index (χ2n) is 5.50. The maximum atomic E-state index is 13.1. The molecule has 0 heterocycles. The summed E-state index contributed by atoms with van der Waals surface area (Å²) in [6, 6.07) is 25.5. The summed E-state index contributed by atoms with van der Waals surface area (Å²) < 4.78 is 26.9. The van der Waals surface area contributed by atoms with Crippen molar-refractivity contribution in [3.8, 4) is 0 Å². The van der Waals surface area contributed by atoms with Gasteiger partial charge in [-0.2, -0.15) is 4.31 Å². The number of carbonyl (C=O) groups excluding carboxylic acids is 1. The fourth-order valence-corrected chi connectivity index (χ4v) is 3.85. The van der Waals surface area contributed by atoms with Gasteiger partial charge in [0.15, 0.2) is 0 Å². The third kappa shape index (κ3) is 3.90. The van der Waals surface area contributed by atoms with E-state index in [2.05, 4.69) is 0 Å². The van der Waals surface area contributed by atoms with Gasteiger partial charge in [0.1, 0.15) is 0 Å². The Kier molecular flexibility index (Phi) is 5.29. The summed E-state index contributed by atoms with van der Waals surface area (Å²) in [5.41, 5.74) is 1.10. The molecule has 26 heavy (non-hydrogen) atoms. The summed E-state index contributed by atoms with van der Waals surface area (Å²) in [6.07, 6.45) is 2.86. The lowest BCUT2D eigenvalue weighted by Crippen LogP contribution is -2.35. The normalized spacial score (nSPS) is 11.4. The zero-order valence-corrected chi connectivity index (χ0v) is 14.7. The summed E-state index contributed by atoms with van der Waals surface area (Å²) in [7, 11) is -4.03. The number of anilines is 1. The molecule has 0 aliphatic carbocycles. The first kappa shape index (κ1) is 17.6. The molecule has 0 aromatic heterocycles. The number of para-hydroxylation sites is 1. The minimum atomic E-state index is -4.03. The molecule has 0 N–H and O–H groups in total. The van der Waals surface area contributed by atoms with E-state index in [1.165, 1.54) is 18.2 Å². The molecule has 0 fully saturated rings. The van der Waals surface area contributed by atoms with E-state index in [1.54, 1.807) is 54.6 Å². The average Bonchev–Trinajstić information content (AvgIpc) is 2.69. The van der Waals surface area contributed by atoms with Crippen molar-refractivity contribution in [2.45, 2.75) is 4.90 Å². The lowest BCUT2D eigenvalue weighted by molar-refractivity contribution is -0.113. The molecule has 0 bridgehead atoms. The van der Waals surface area contributed by atoms with Crippen molar-refractivity contribution in [1.82, 2.24) is 0 Å². The van der Waals surface area contributed by atoms with E-state index < -0.39 is 15.9 Å². The molecule has 3 aromatic carbocycles. The van der Waals surface area contributed by atoms with E-state index in [0.717, 1.165) is 9.87 Å². The highest BCUT2D eigenvalue weighted by Crippen LogP contribution is 2.24. The van der Waals surface area contributed by atoms with E-state index in [4.69, 9.17) is 0 Å². The van der Waals surface area contributed by atoms with Crippen LogP contribution in [0.2, 0.25) is 0 Å². The number of hydrogen-bond acceptors (Lipinski definition) is 3. The zero-order valence-electron chi connectivity index (χ0n) is 13.9. The third-order valence-electron chi connectivity index (χ3n) is 3.69. The van der Waals surface area contributed by atoms with Gasteiger partial charge in [-0.1, -0.05) is 66.7 Å². The lowest BCUT2D eigenvalue weighted by Gasteiger charge is -2.21. The largest absolute Gasteiger partial charge is 0.271 e. The van der Waals surface area contributed by atoms with Crippen LogP contribution in [0.1, 0.15) is 5.56 Å². The number of hydrogen-bond donors (Lipinski definition) is 0. The number of nitrogens with zero attached hydrogens (tertiary/aromatic N) is 1. The highest BCUT2D eigenvalue weighted by Gasteiger charge is 2.29. The Bertz CT molecular complexity index is 999. The molecular weight excluding hydrogens is 346 g/mol. The molecule has 1 amide bonds. The Morgan fingerprint density at radius 1 is 0.731 bits per heavy atom. The van der Waals surface area contributed by atoms with Crippen LogP contribution in [-0.4, -0.2) is 14.3 Å². The molecular formula is C21H17NO3S. The Labute approximate surface area is 153 Å². The molecule has 0 unspecified atom stereocenters. The van der Waals surface area contributed by atoms with Crippen LogP contribution in [0, 0.1) is 0 Å². The van der Waals surface area contributed by atoms with Gasteiger partial charge in [0.25, 0.3) is 15.9 Å². The van der Waals surface area contributed by atoms with Crippen molar-refractivity contribution >= 4 is 27.7 Å². The molecule has 0 spiro atoms. The highest BCUT2D eigenvalue weighted by molar-refractivity contribution is 7.93. The smallest absolute Gasteiger partial charge is 0.268 e. The van der Waals surface area contributed by atoms with Gasteiger partial charge < -0.3 is 0 Å². The van der Waals surface area contributed by atoms with Crippen LogP contribution in [-0.2, 0) is 14.8 Å². The zero-order chi connectivity index (χ0) is 18.4. The Morgan fingerprint density at radius 2 is 1.23 bits per heavy atom. The summed E-state index contributed by atoms with van der Waals surface area (Å²) in [6.45, 7) is 0. The van der Waals surface area contributed by atoms with E-state index in [1.807, 2.05) is 30.3 Å². The molecule has 0 aliphatic heterocycles. The molecule has 4 nitrogen and oxygen atoms in total. The maximum absolute atomic E-state index is 13.1. The number of amides is 1. The monoisotopic (exact) mass is 363 g/mol. The van der Waals surface area contributed by atoms with E-state index in [9.17, 15) is 13.2 Å². The van der Waals surface area contributed by atoms with Crippen LogP contribution < -0.4 is 4.31 Å². The molecule has 5 heteroatoms. The van der Waals surface area contributed by atoms with Crippen LogP contribution in [0.25, 0.3) is 6.08 Å². The van der Waals surface area contributed by atoms with Gasteiger partial charge in [0.2, 0.25) is 0 Å². The molecule has 130 valence electrons. The summed E-state index contributed by atoms with van der Waals surface area (Å²) in [5.74, 6) is -0.635. The number of sulfonamides is 1. The van der Waals surface area contributed by atoms with Crippen molar-refractivity contribution in [1.29, 1.82) is 0 Å². The Morgan fingerprint density at radius 3 is 1.81 bits per heavy atom. The van der Waals surface area contributed by atoms with Crippen molar-refractivity contribution in [3.63, 3.8) is 0 Å². The van der Waals surface area contributed by atoms with Crippen LogP contribution in [0.5, 0.6) is 0 Å². The minimum absolute atomic E-state index is 0.0605. The third-order valence-corrected chi connectivity index (χ3v) is 5.43. The van der Waals surface area contributed by atoms with Crippen molar-refractivity contribution in [2.75, 3.05) is 4.31 Å². The Balaban J connectivity index is 2.02. The van der Waals surface area contributed by atoms with Crippen LogP contribution in [0.15, 0.2) is 102 Å². The SMILES string of the molecule is O=C(/C=C/c1ccccc1)N(c1ccccc1)S(=O)(=O)c1ccccc1. The fourth-order valence-electron chi connectivity index (χ4n) is 2.45. The molecule has 0 saturated heterocycles. The molecule has 0 saturated carbocycles. The van der Waals surface area contributed by atoms with Gasteiger partial charge in [0.05, 0.1) is 10.6 Å². The summed E-state index contributed by atoms with van der Waals surface area (Å²) in [5, 5.41) is 0.